The summed E-state index contributed by atoms with van der Waals surface area (Å²) in [7, 11) is 0.904. The highest BCUT2D eigenvalue weighted by molar-refractivity contribution is 5.97. The second-order valence-electron chi connectivity index (χ2n) is 13.7. The van der Waals surface area contributed by atoms with E-state index in [0.29, 0.717) is 5.41 Å². The lowest BCUT2D eigenvalue weighted by molar-refractivity contribution is 0.107. The minimum Gasteiger partial charge on any atom is -0.427 e. The first-order chi connectivity index (χ1) is 19.7. The number of rotatable bonds is 35. The van der Waals surface area contributed by atoms with Crippen molar-refractivity contribution in [1.29, 1.82) is 0 Å². The molecule has 0 unspecified atom stereocenters. The molecule has 0 atom stereocenters. The third kappa shape index (κ3) is 28.3. The Hall–Kier alpha value is 0.177. The molecule has 0 aromatic heterocycles. The van der Waals surface area contributed by atoms with E-state index in [4.69, 9.17) is 4.43 Å². The monoisotopic (exact) mass is 581 g/mol. The zero-order valence-electron chi connectivity index (χ0n) is 28.9. The molecule has 40 heavy (non-hydrogen) atoms. The van der Waals surface area contributed by atoms with Crippen molar-refractivity contribution >= 4 is 10.5 Å². The van der Waals surface area contributed by atoms with Gasteiger partial charge in [0.05, 0.1) is 0 Å². The molecule has 0 heterocycles. The Balaban J connectivity index is 4.36. The molecule has 0 aromatic carbocycles. The van der Waals surface area contributed by atoms with E-state index in [1.165, 1.54) is 212 Å². The fourth-order valence-corrected chi connectivity index (χ4v) is 7.47. The average Bonchev–Trinajstić information content (AvgIpc) is 2.96. The van der Waals surface area contributed by atoms with Crippen LogP contribution in [-0.2, 0) is 4.43 Å². The van der Waals surface area contributed by atoms with Gasteiger partial charge >= 0.3 is 0 Å². The molecular formula is C38H80OSi. The van der Waals surface area contributed by atoms with Crippen LogP contribution in [0.3, 0.4) is 0 Å². The molecule has 0 amide bonds. The van der Waals surface area contributed by atoms with Crippen LogP contribution in [0.2, 0.25) is 0 Å². The van der Waals surface area contributed by atoms with Gasteiger partial charge in [-0.05, 0) is 24.7 Å². The minimum atomic E-state index is 0.488. The fourth-order valence-electron chi connectivity index (χ4n) is 6.86. The predicted molar refractivity (Wildman–Crippen MR) is 188 cm³/mol. The smallest absolute Gasteiger partial charge is 0.145 e. The van der Waals surface area contributed by atoms with Gasteiger partial charge in [-0.25, -0.2) is 0 Å². The van der Waals surface area contributed by atoms with Gasteiger partial charge in [0.2, 0.25) is 0 Å². The van der Waals surface area contributed by atoms with Crippen molar-refractivity contribution in [3.8, 4) is 0 Å². The van der Waals surface area contributed by atoms with E-state index < -0.39 is 0 Å². The Morgan fingerprint density at radius 3 is 0.725 bits per heavy atom. The fraction of sp³-hybridized carbons (Fsp3) is 1.00. The summed E-state index contributed by atoms with van der Waals surface area (Å²) in [4.78, 5) is 0. The third-order valence-electron chi connectivity index (χ3n) is 9.63. The van der Waals surface area contributed by atoms with Crippen LogP contribution in [0.25, 0.3) is 0 Å². The second kappa shape index (κ2) is 33.7. The maximum atomic E-state index is 6.07. The van der Waals surface area contributed by atoms with Crippen LogP contribution < -0.4 is 0 Å². The van der Waals surface area contributed by atoms with Crippen molar-refractivity contribution in [2.45, 2.75) is 233 Å². The molecule has 0 saturated carbocycles. The molecule has 0 spiro atoms. The molecule has 0 rings (SSSR count). The van der Waals surface area contributed by atoms with E-state index in [1.807, 2.05) is 0 Å². The largest absolute Gasteiger partial charge is 0.427 e. The Morgan fingerprint density at radius 2 is 0.525 bits per heavy atom. The van der Waals surface area contributed by atoms with Crippen molar-refractivity contribution < 1.29 is 4.43 Å². The lowest BCUT2D eigenvalue weighted by atomic mass is 9.74. The van der Waals surface area contributed by atoms with Gasteiger partial charge in [-0.3, -0.25) is 0 Å². The average molecular weight is 581 g/mol. The van der Waals surface area contributed by atoms with Gasteiger partial charge in [0.15, 0.2) is 0 Å². The molecule has 0 N–H and O–H groups in total. The Bertz CT molecular complexity index is 391. The van der Waals surface area contributed by atoms with Crippen molar-refractivity contribution in [2.24, 2.45) is 5.41 Å². The molecule has 0 radical (unpaired) electrons. The van der Waals surface area contributed by atoms with Crippen LogP contribution in [0.15, 0.2) is 0 Å². The van der Waals surface area contributed by atoms with Crippen molar-refractivity contribution in [3.63, 3.8) is 0 Å². The first kappa shape index (κ1) is 40.2. The van der Waals surface area contributed by atoms with Crippen LogP contribution in [0.4, 0.5) is 0 Å². The normalized spacial score (nSPS) is 12.1. The van der Waals surface area contributed by atoms with Gasteiger partial charge in [-0.1, -0.05) is 213 Å². The van der Waals surface area contributed by atoms with Crippen LogP contribution in [0.5, 0.6) is 0 Å². The van der Waals surface area contributed by atoms with Crippen LogP contribution in [0, 0.1) is 5.41 Å². The molecule has 0 aliphatic rings. The highest BCUT2D eigenvalue weighted by Gasteiger charge is 2.28. The lowest BCUT2D eigenvalue weighted by Crippen LogP contribution is -2.27. The van der Waals surface area contributed by atoms with Crippen molar-refractivity contribution in [2.75, 3.05) is 6.61 Å². The summed E-state index contributed by atoms with van der Waals surface area (Å²) in [6.45, 7) is 8.02. The summed E-state index contributed by atoms with van der Waals surface area (Å²) in [6.07, 6.45) is 47.7. The standard InChI is InChI=1S/C38H80OSi/c1-4-7-10-13-16-19-22-25-28-31-34-38(37-39-40,35-32-29-26-23-20-17-14-11-8-5-2)36-33-30-27-24-21-18-15-12-9-6-3/h4-37H2,1-3,40H3. The van der Waals surface area contributed by atoms with Gasteiger partial charge in [0.1, 0.15) is 10.5 Å². The maximum Gasteiger partial charge on any atom is 0.145 e. The number of unbranched alkanes of at least 4 members (excludes halogenated alkanes) is 27. The van der Waals surface area contributed by atoms with Gasteiger partial charge in [0, 0.05) is 6.61 Å². The highest BCUT2D eigenvalue weighted by atomic mass is 28.2. The third-order valence-corrected chi connectivity index (χ3v) is 9.92. The molecule has 0 aromatic rings. The summed E-state index contributed by atoms with van der Waals surface area (Å²) in [5, 5.41) is 0. The van der Waals surface area contributed by atoms with Crippen molar-refractivity contribution in [1.82, 2.24) is 0 Å². The zero-order valence-corrected chi connectivity index (χ0v) is 30.9. The zero-order chi connectivity index (χ0) is 29.2. The summed E-state index contributed by atoms with van der Waals surface area (Å²) in [5.74, 6) is 0. The van der Waals surface area contributed by atoms with Gasteiger partial charge in [-0.2, -0.15) is 0 Å². The molecule has 0 saturated heterocycles. The first-order valence-electron chi connectivity index (χ1n) is 19.2. The van der Waals surface area contributed by atoms with Gasteiger partial charge in [0.25, 0.3) is 0 Å². The van der Waals surface area contributed by atoms with Crippen LogP contribution in [0.1, 0.15) is 233 Å². The van der Waals surface area contributed by atoms with Crippen molar-refractivity contribution in [3.05, 3.63) is 0 Å². The molecule has 0 aliphatic carbocycles. The van der Waals surface area contributed by atoms with Crippen LogP contribution >= 0.6 is 0 Å². The Kier molecular flexibility index (Phi) is 33.8. The van der Waals surface area contributed by atoms with E-state index in [0.717, 1.165) is 17.1 Å². The molecule has 0 aliphatic heterocycles. The van der Waals surface area contributed by atoms with Crippen LogP contribution in [-0.4, -0.2) is 17.1 Å². The van der Waals surface area contributed by atoms with Gasteiger partial charge < -0.3 is 4.43 Å². The van der Waals surface area contributed by atoms with E-state index >= 15 is 0 Å². The predicted octanol–water partition coefficient (Wildman–Crippen LogP) is 13.2. The molecular weight excluding hydrogens is 501 g/mol. The molecule has 242 valence electrons. The first-order valence-corrected chi connectivity index (χ1v) is 20.0. The lowest BCUT2D eigenvalue weighted by Gasteiger charge is -2.34. The van der Waals surface area contributed by atoms with E-state index in [1.54, 1.807) is 0 Å². The molecule has 0 bridgehead atoms. The molecule has 0 fully saturated rings. The quantitative estimate of drug-likeness (QED) is 0.0535. The summed E-state index contributed by atoms with van der Waals surface area (Å²) < 4.78 is 6.07. The van der Waals surface area contributed by atoms with E-state index in [9.17, 15) is 0 Å². The summed E-state index contributed by atoms with van der Waals surface area (Å²) in [5.41, 5.74) is 0.488. The van der Waals surface area contributed by atoms with E-state index in [-0.39, 0.29) is 0 Å². The van der Waals surface area contributed by atoms with E-state index in [2.05, 4.69) is 20.8 Å². The Morgan fingerprint density at radius 1 is 0.325 bits per heavy atom. The highest BCUT2D eigenvalue weighted by Crippen LogP contribution is 2.38. The maximum absolute atomic E-state index is 6.07. The SMILES string of the molecule is CCCCCCCCCCCCC(CCCCCCCCCCCC)(CCCCCCCCCCCC)CO[SiH3]. The summed E-state index contributed by atoms with van der Waals surface area (Å²) >= 11 is 0. The second-order valence-corrected chi connectivity index (χ2v) is 14.3. The molecule has 2 heteroatoms. The topological polar surface area (TPSA) is 9.23 Å². The number of hydrogen-bond acceptors (Lipinski definition) is 1. The number of hydrogen-bond donors (Lipinski definition) is 0. The minimum absolute atomic E-state index is 0.488. The Labute approximate surface area is 259 Å². The van der Waals surface area contributed by atoms with Gasteiger partial charge in [-0.15, -0.1) is 0 Å². The molecule has 1 nitrogen and oxygen atoms in total. The summed E-state index contributed by atoms with van der Waals surface area (Å²) in [6, 6.07) is 0.